The number of rotatable bonds is 4. The Hall–Kier alpha value is -1.61. The lowest BCUT2D eigenvalue weighted by Gasteiger charge is -2.33. The Morgan fingerprint density at radius 2 is 1.86 bits per heavy atom. The van der Waals surface area contributed by atoms with Crippen LogP contribution < -0.4 is 5.32 Å². The molecule has 1 N–H and O–H groups in total. The van der Waals surface area contributed by atoms with Gasteiger partial charge in [0, 0.05) is 31.6 Å². The molecule has 1 aliphatic carbocycles. The molecule has 3 heteroatoms. The number of piperidine rings is 1. The molecule has 1 aliphatic heterocycles. The number of nitrogens with zero attached hydrogens (tertiary/aromatic N) is 1. The van der Waals surface area contributed by atoms with Crippen LogP contribution in [0.2, 0.25) is 0 Å². The van der Waals surface area contributed by atoms with Crippen LogP contribution in [0.3, 0.4) is 0 Å². The number of allylic oxidation sites excluding steroid dienone is 2. The highest BCUT2D eigenvalue weighted by molar-refractivity contribution is 5.79. The minimum absolute atomic E-state index is 0.201. The summed E-state index contributed by atoms with van der Waals surface area (Å²) in [5.74, 6) is 0.471. The molecule has 1 heterocycles. The zero-order valence-electron chi connectivity index (χ0n) is 13.2. The standard InChI is InChI=1S/C19H26N2O/c22-19(17-9-5-2-6-10-17)20-18-11-13-21(14-12-18)15-16-7-3-1-4-8-16/h1-5,7-8,17-18H,6,9-15H2,(H,20,22). The first kappa shape index (κ1) is 15.3. The molecule has 0 radical (unpaired) electrons. The number of hydrogen-bond acceptors (Lipinski definition) is 2. The lowest BCUT2D eigenvalue weighted by molar-refractivity contribution is -0.126. The van der Waals surface area contributed by atoms with Crippen molar-refractivity contribution in [1.29, 1.82) is 0 Å². The monoisotopic (exact) mass is 298 g/mol. The largest absolute Gasteiger partial charge is 0.353 e. The Morgan fingerprint density at radius 1 is 1.09 bits per heavy atom. The molecule has 1 aromatic rings. The van der Waals surface area contributed by atoms with Crippen LogP contribution in [0.1, 0.15) is 37.7 Å². The highest BCUT2D eigenvalue weighted by Crippen LogP contribution is 2.20. The molecule has 1 unspecified atom stereocenters. The average molecular weight is 298 g/mol. The van der Waals surface area contributed by atoms with E-state index in [1.54, 1.807) is 0 Å². The van der Waals surface area contributed by atoms with Crippen molar-refractivity contribution >= 4 is 5.91 Å². The van der Waals surface area contributed by atoms with E-state index in [0.29, 0.717) is 6.04 Å². The van der Waals surface area contributed by atoms with E-state index >= 15 is 0 Å². The topological polar surface area (TPSA) is 32.3 Å². The van der Waals surface area contributed by atoms with Crippen LogP contribution in [0, 0.1) is 5.92 Å². The molecule has 1 saturated heterocycles. The van der Waals surface area contributed by atoms with Gasteiger partial charge in [0.2, 0.25) is 5.91 Å². The van der Waals surface area contributed by atoms with Crippen LogP contribution >= 0.6 is 0 Å². The first-order valence-corrected chi connectivity index (χ1v) is 8.53. The predicted octanol–water partition coefficient (Wildman–Crippen LogP) is 3.12. The third-order valence-corrected chi connectivity index (χ3v) is 4.82. The van der Waals surface area contributed by atoms with Gasteiger partial charge in [0.05, 0.1) is 0 Å². The third kappa shape index (κ3) is 4.20. The van der Waals surface area contributed by atoms with E-state index < -0.39 is 0 Å². The second-order valence-electron chi connectivity index (χ2n) is 6.53. The van der Waals surface area contributed by atoms with Gasteiger partial charge in [-0.25, -0.2) is 0 Å². The van der Waals surface area contributed by atoms with Crippen molar-refractivity contribution in [2.24, 2.45) is 5.92 Å². The van der Waals surface area contributed by atoms with Crippen LogP contribution in [0.15, 0.2) is 42.5 Å². The summed E-state index contributed by atoms with van der Waals surface area (Å²) in [4.78, 5) is 14.8. The van der Waals surface area contributed by atoms with Crippen molar-refractivity contribution in [2.45, 2.75) is 44.7 Å². The zero-order valence-corrected chi connectivity index (χ0v) is 13.2. The van der Waals surface area contributed by atoms with Crippen LogP contribution in [0.25, 0.3) is 0 Å². The summed E-state index contributed by atoms with van der Waals surface area (Å²) < 4.78 is 0. The van der Waals surface area contributed by atoms with E-state index in [-0.39, 0.29) is 11.8 Å². The normalized spacial score (nSPS) is 23.4. The van der Waals surface area contributed by atoms with Crippen LogP contribution in [0.4, 0.5) is 0 Å². The van der Waals surface area contributed by atoms with E-state index in [4.69, 9.17) is 0 Å². The molecule has 1 fully saturated rings. The number of hydrogen-bond donors (Lipinski definition) is 1. The summed E-state index contributed by atoms with van der Waals surface area (Å²) in [6.45, 7) is 3.17. The highest BCUT2D eigenvalue weighted by Gasteiger charge is 2.24. The molecule has 0 bridgehead atoms. The maximum Gasteiger partial charge on any atom is 0.223 e. The fourth-order valence-electron chi connectivity index (χ4n) is 3.43. The maximum atomic E-state index is 12.3. The maximum absolute atomic E-state index is 12.3. The fraction of sp³-hybridized carbons (Fsp3) is 0.526. The van der Waals surface area contributed by atoms with Crippen molar-refractivity contribution < 1.29 is 4.79 Å². The first-order valence-electron chi connectivity index (χ1n) is 8.53. The Kier molecular flexibility index (Phi) is 5.28. The predicted molar refractivity (Wildman–Crippen MR) is 89.4 cm³/mol. The molecule has 3 nitrogen and oxygen atoms in total. The summed E-state index contributed by atoms with van der Waals surface area (Å²) in [6, 6.07) is 11.0. The Labute approximate surface area is 133 Å². The van der Waals surface area contributed by atoms with Gasteiger partial charge in [-0.3, -0.25) is 9.69 Å². The SMILES string of the molecule is O=C(NC1CCN(Cc2ccccc2)CC1)C1CC=CCC1. The average Bonchev–Trinajstić information content (AvgIpc) is 2.58. The number of benzene rings is 1. The van der Waals surface area contributed by atoms with E-state index in [0.717, 1.165) is 51.7 Å². The van der Waals surface area contributed by atoms with Gasteiger partial charge < -0.3 is 5.32 Å². The Balaban J connectivity index is 1.42. The summed E-state index contributed by atoms with van der Waals surface area (Å²) in [5, 5.41) is 3.27. The molecule has 0 aromatic heterocycles. The minimum Gasteiger partial charge on any atom is -0.353 e. The zero-order chi connectivity index (χ0) is 15.2. The van der Waals surface area contributed by atoms with E-state index in [9.17, 15) is 4.79 Å². The summed E-state index contributed by atoms with van der Waals surface area (Å²) in [5.41, 5.74) is 1.37. The fourth-order valence-corrected chi connectivity index (χ4v) is 3.43. The molecule has 2 aliphatic rings. The highest BCUT2D eigenvalue weighted by atomic mass is 16.1. The van der Waals surface area contributed by atoms with E-state index in [2.05, 4.69) is 52.7 Å². The summed E-state index contributed by atoms with van der Waals surface area (Å²) in [7, 11) is 0. The van der Waals surface area contributed by atoms with Gasteiger partial charge in [-0.2, -0.15) is 0 Å². The lowest BCUT2D eigenvalue weighted by atomic mass is 9.93. The van der Waals surface area contributed by atoms with Crippen molar-refractivity contribution in [2.75, 3.05) is 13.1 Å². The van der Waals surface area contributed by atoms with E-state index in [1.807, 2.05) is 0 Å². The number of nitrogens with one attached hydrogen (secondary N) is 1. The molecule has 0 saturated carbocycles. The molecule has 3 rings (SSSR count). The van der Waals surface area contributed by atoms with Gasteiger partial charge in [0.15, 0.2) is 0 Å². The van der Waals surface area contributed by atoms with Gasteiger partial charge in [-0.05, 0) is 37.7 Å². The molecule has 1 atom stereocenters. The number of likely N-dealkylation sites (tertiary alicyclic amines) is 1. The summed E-state index contributed by atoms with van der Waals surface area (Å²) >= 11 is 0. The molecular formula is C19H26N2O. The quantitative estimate of drug-likeness (QED) is 0.866. The van der Waals surface area contributed by atoms with Gasteiger partial charge >= 0.3 is 0 Å². The third-order valence-electron chi connectivity index (χ3n) is 4.82. The van der Waals surface area contributed by atoms with Crippen LogP contribution in [0.5, 0.6) is 0 Å². The number of amides is 1. The smallest absolute Gasteiger partial charge is 0.223 e. The van der Waals surface area contributed by atoms with Gasteiger partial charge in [-0.1, -0.05) is 42.5 Å². The molecule has 0 spiro atoms. The van der Waals surface area contributed by atoms with Crippen LogP contribution in [-0.2, 0) is 11.3 Å². The first-order chi connectivity index (χ1) is 10.8. The number of carbonyl (C=O) groups excluding carboxylic acids is 1. The summed E-state index contributed by atoms with van der Waals surface area (Å²) in [6.07, 6.45) is 9.45. The molecule has 1 aromatic carbocycles. The Morgan fingerprint density at radius 3 is 2.55 bits per heavy atom. The van der Waals surface area contributed by atoms with E-state index in [1.165, 1.54) is 5.56 Å². The molecule has 22 heavy (non-hydrogen) atoms. The van der Waals surface area contributed by atoms with Crippen LogP contribution in [-0.4, -0.2) is 29.9 Å². The second-order valence-corrected chi connectivity index (χ2v) is 6.53. The molecule has 1 amide bonds. The molecular weight excluding hydrogens is 272 g/mol. The van der Waals surface area contributed by atoms with Crippen molar-refractivity contribution in [3.8, 4) is 0 Å². The van der Waals surface area contributed by atoms with Crippen molar-refractivity contribution in [3.63, 3.8) is 0 Å². The van der Waals surface area contributed by atoms with Crippen molar-refractivity contribution in [1.82, 2.24) is 10.2 Å². The number of carbonyl (C=O) groups is 1. The Bertz CT molecular complexity index is 503. The second kappa shape index (κ2) is 7.59. The lowest BCUT2D eigenvalue weighted by Crippen LogP contribution is -2.46. The van der Waals surface area contributed by atoms with Gasteiger partial charge in [0.1, 0.15) is 0 Å². The van der Waals surface area contributed by atoms with Crippen molar-refractivity contribution in [3.05, 3.63) is 48.0 Å². The van der Waals surface area contributed by atoms with Gasteiger partial charge in [-0.15, -0.1) is 0 Å². The minimum atomic E-state index is 0.201. The molecule has 118 valence electrons. The van der Waals surface area contributed by atoms with Gasteiger partial charge in [0.25, 0.3) is 0 Å².